The minimum atomic E-state index is -3.30. The van der Waals surface area contributed by atoms with Crippen LogP contribution in [0.1, 0.15) is 13.8 Å². The summed E-state index contributed by atoms with van der Waals surface area (Å²) in [6.45, 7) is 4.40. The van der Waals surface area contributed by atoms with E-state index in [2.05, 4.69) is 20.7 Å². The third-order valence-electron chi connectivity index (χ3n) is 1.50. The smallest absolute Gasteiger partial charge is 0.210 e. The molecule has 1 rings (SSSR count). The lowest BCUT2D eigenvalue weighted by Crippen LogP contribution is -2.26. The second kappa shape index (κ2) is 4.74. The van der Waals surface area contributed by atoms with Gasteiger partial charge in [0.2, 0.25) is 10.0 Å². The van der Waals surface area contributed by atoms with E-state index >= 15 is 0 Å². The van der Waals surface area contributed by atoms with Crippen LogP contribution in [-0.4, -0.2) is 15.0 Å². The standard InChI is InChI=1S/C8H12BrNO2S2/c1-6(2)5-10-14(11,12)8-4-3-7(9)13-8/h3-4,6,10H,5H2,1-2H3. The fraction of sp³-hybridized carbons (Fsp3) is 0.500. The summed E-state index contributed by atoms with van der Waals surface area (Å²) in [5.41, 5.74) is 0. The normalized spacial score (nSPS) is 12.3. The first-order valence-electron chi connectivity index (χ1n) is 4.17. The molecule has 0 radical (unpaired) electrons. The van der Waals surface area contributed by atoms with Crippen molar-refractivity contribution in [1.82, 2.24) is 4.72 Å². The van der Waals surface area contributed by atoms with Crippen molar-refractivity contribution in [2.75, 3.05) is 6.54 Å². The van der Waals surface area contributed by atoms with E-state index in [4.69, 9.17) is 0 Å². The van der Waals surface area contributed by atoms with Gasteiger partial charge in [0.25, 0.3) is 0 Å². The Morgan fingerprint density at radius 2 is 2.14 bits per heavy atom. The average molecular weight is 298 g/mol. The van der Waals surface area contributed by atoms with Gasteiger partial charge in [-0.05, 0) is 34.0 Å². The molecule has 80 valence electrons. The maximum absolute atomic E-state index is 11.6. The van der Waals surface area contributed by atoms with Crippen LogP contribution in [-0.2, 0) is 10.0 Å². The summed E-state index contributed by atoms with van der Waals surface area (Å²) in [4.78, 5) is 0. The summed E-state index contributed by atoms with van der Waals surface area (Å²) in [6.07, 6.45) is 0. The lowest BCUT2D eigenvalue weighted by atomic mass is 10.2. The van der Waals surface area contributed by atoms with E-state index in [1.807, 2.05) is 13.8 Å². The minimum absolute atomic E-state index is 0.313. The molecule has 0 atom stereocenters. The predicted octanol–water partition coefficient (Wildman–Crippen LogP) is 2.44. The molecule has 14 heavy (non-hydrogen) atoms. The molecule has 0 saturated heterocycles. The number of halogens is 1. The zero-order valence-electron chi connectivity index (χ0n) is 7.95. The number of nitrogens with one attached hydrogen (secondary N) is 1. The third-order valence-corrected chi connectivity index (χ3v) is 5.03. The van der Waals surface area contributed by atoms with Gasteiger partial charge in [0.05, 0.1) is 3.79 Å². The second-order valence-corrected chi connectivity index (χ2v) is 7.76. The molecule has 3 nitrogen and oxygen atoms in total. The number of thiophene rings is 1. The van der Waals surface area contributed by atoms with Gasteiger partial charge in [-0.15, -0.1) is 11.3 Å². The summed E-state index contributed by atoms with van der Waals surface area (Å²) in [7, 11) is -3.30. The monoisotopic (exact) mass is 297 g/mol. The van der Waals surface area contributed by atoms with Crippen molar-refractivity contribution in [3.05, 3.63) is 15.9 Å². The van der Waals surface area contributed by atoms with Crippen molar-refractivity contribution < 1.29 is 8.42 Å². The van der Waals surface area contributed by atoms with Crippen LogP contribution in [0.25, 0.3) is 0 Å². The Balaban J connectivity index is 2.76. The highest BCUT2D eigenvalue weighted by molar-refractivity contribution is 9.11. The van der Waals surface area contributed by atoms with E-state index in [-0.39, 0.29) is 0 Å². The fourth-order valence-corrected chi connectivity index (χ4v) is 4.06. The first-order valence-corrected chi connectivity index (χ1v) is 7.26. The van der Waals surface area contributed by atoms with Crippen LogP contribution < -0.4 is 4.72 Å². The molecule has 0 aliphatic rings. The van der Waals surface area contributed by atoms with E-state index in [1.165, 1.54) is 11.3 Å². The van der Waals surface area contributed by atoms with Gasteiger partial charge < -0.3 is 0 Å². The Labute approximate surface area is 96.7 Å². The summed E-state index contributed by atoms with van der Waals surface area (Å²) in [5.74, 6) is 0.313. The molecule has 0 aromatic carbocycles. The first kappa shape index (κ1) is 12.2. The molecule has 0 spiro atoms. The van der Waals surface area contributed by atoms with Crippen LogP contribution in [0.5, 0.6) is 0 Å². The Morgan fingerprint density at radius 1 is 1.50 bits per heavy atom. The molecular weight excluding hydrogens is 286 g/mol. The van der Waals surface area contributed by atoms with E-state index in [1.54, 1.807) is 12.1 Å². The van der Waals surface area contributed by atoms with Crippen molar-refractivity contribution in [2.45, 2.75) is 18.1 Å². The van der Waals surface area contributed by atoms with Crippen LogP contribution in [0.15, 0.2) is 20.1 Å². The first-order chi connectivity index (χ1) is 6.42. The third kappa shape index (κ3) is 3.34. The lowest BCUT2D eigenvalue weighted by Gasteiger charge is -2.06. The van der Waals surface area contributed by atoms with E-state index < -0.39 is 10.0 Å². The van der Waals surface area contributed by atoms with Gasteiger partial charge in [0.15, 0.2) is 0 Å². The van der Waals surface area contributed by atoms with Gasteiger partial charge >= 0.3 is 0 Å². The second-order valence-electron chi connectivity index (χ2n) is 3.30. The van der Waals surface area contributed by atoms with Crippen LogP contribution in [0.4, 0.5) is 0 Å². The fourth-order valence-electron chi connectivity index (χ4n) is 0.790. The molecule has 0 aliphatic heterocycles. The molecule has 0 aliphatic carbocycles. The van der Waals surface area contributed by atoms with Gasteiger partial charge in [0, 0.05) is 6.54 Å². The van der Waals surface area contributed by atoms with Crippen molar-refractivity contribution in [2.24, 2.45) is 5.92 Å². The molecule has 1 N–H and O–H groups in total. The van der Waals surface area contributed by atoms with Crippen molar-refractivity contribution >= 4 is 37.3 Å². The molecule has 1 aromatic heterocycles. The van der Waals surface area contributed by atoms with E-state index in [0.29, 0.717) is 16.7 Å². The molecule has 1 aromatic rings. The topological polar surface area (TPSA) is 46.2 Å². The van der Waals surface area contributed by atoms with Gasteiger partial charge in [-0.1, -0.05) is 13.8 Å². The molecule has 0 saturated carbocycles. The van der Waals surface area contributed by atoms with Gasteiger partial charge in [-0.3, -0.25) is 0 Å². The number of hydrogen-bond donors (Lipinski definition) is 1. The van der Waals surface area contributed by atoms with E-state index in [9.17, 15) is 8.42 Å². The molecule has 0 bridgehead atoms. The van der Waals surface area contributed by atoms with Crippen molar-refractivity contribution in [1.29, 1.82) is 0 Å². The highest BCUT2D eigenvalue weighted by atomic mass is 79.9. The largest absolute Gasteiger partial charge is 0.250 e. The summed E-state index contributed by atoms with van der Waals surface area (Å²) >= 11 is 4.44. The molecular formula is C8H12BrNO2S2. The Bertz CT molecular complexity index is 397. The Kier molecular flexibility index (Phi) is 4.12. The maximum atomic E-state index is 11.6. The number of sulfonamides is 1. The Hall–Kier alpha value is 0.0900. The highest BCUT2D eigenvalue weighted by Crippen LogP contribution is 2.25. The quantitative estimate of drug-likeness (QED) is 0.928. The van der Waals surface area contributed by atoms with Crippen LogP contribution in [0.3, 0.4) is 0 Å². The minimum Gasteiger partial charge on any atom is -0.210 e. The summed E-state index contributed by atoms with van der Waals surface area (Å²) < 4.78 is 27.0. The molecule has 1 heterocycles. The lowest BCUT2D eigenvalue weighted by molar-refractivity contribution is 0.562. The number of rotatable bonds is 4. The van der Waals surface area contributed by atoms with Crippen LogP contribution >= 0.6 is 27.3 Å². The van der Waals surface area contributed by atoms with E-state index in [0.717, 1.165) is 3.79 Å². The number of hydrogen-bond acceptors (Lipinski definition) is 3. The van der Waals surface area contributed by atoms with Crippen molar-refractivity contribution in [3.63, 3.8) is 0 Å². The molecule has 6 heteroatoms. The maximum Gasteiger partial charge on any atom is 0.250 e. The van der Waals surface area contributed by atoms with Gasteiger partial charge in [-0.2, -0.15) is 0 Å². The van der Waals surface area contributed by atoms with Gasteiger partial charge in [-0.25, -0.2) is 13.1 Å². The zero-order valence-corrected chi connectivity index (χ0v) is 11.2. The summed E-state index contributed by atoms with van der Waals surface area (Å²) in [5, 5.41) is 0. The van der Waals surface area contributed by atoms with Crippen LogP contribution in [0, 0.1) is 5.92 Å². The average Bonchev–Trinajstić information content (AvgIpc) is 2.49. The Morgan fingerprint density at radius 3 is 2.57 bits per heavy atom. The SMILES string of the molecule is CC(C)CNS(=O)(=O)c1ccc(Br)s1. The van der Waals surface area contributed by atoms with Crippen LogP contribution in [0.2, 0.25) is 0 Å². The molecule has 0 fully saturated rings. The zero-order chi connectivity index (χ0) is 10.8. The van der Waals surface area contributed by atoms with Crippen molar-refractivity contribution in [3.8, 4) is 0 Å². The molecule has 0 unspecified atom stereocenters. The highest BCUT2D eigenvalue weighted by Gasteiger charge is 2.15. The predicted molar refractivity (Wildman–Crippen MR) is 62.0 cm³/mol. The summed E-state index contributed by atoms with van der Waals surface area (Å²) in [6, 6.07) is 3.33. The van der Waals surface area contributed by atoms with Gasteiger partial charge in [0.1, 0.15) is 4.21 Å². The molecule has 0 amide bonds.